The third-order valence-electron chi connectivity index (χ3n) is 9.16. The summed E-state index contributed by atoms with van der Waals surface area (Å²) in [6.45, 7) is 14.5. The molecule has 11 heteroatoms. The summed E-state index contributed by atoms with van der Waals surface area (Å²) in [5.74, 6) is -1.03. The molecule has 230 valence electrons. The van der Waals surface area contributed by atoms with Crippen LogP contribution in [0.3, 0.4) is 0 Å². The van der Waals surface area contributed by atoms with E-state index in [9.17, 15) is 14.3 Å². The lowest BCUT2D eigenvalue weighted by Crippen LogP contribution is -2.57. The maximum Gasteiger partial charge on any atom is 0.318 e. The third kappa shape index (κ3) is 5.79. The molecule has 0 aliphatic carbocycles. The molecule has 0 radical (unpaired) electrons. The van der Waals surface area contributed by atoms with Crippen LogP contribution in [-0.2, 0) is 24.4 Å². The Morgan fingerprint density at radius 2 is 1.95 bits per heavy atom. The maximum atomic E-state index is 13.8. The number of carbonyl (C=O) groups excluding carboxylic acids is 1. The molecule has 1 aromatic heterocycles. The number of likely N-dealkylation sites (tertiary alicyclic amines) is 1. The molecule has 0 unspecified atom stereocenters. The van der Waals surface area contributed by atoms with Gasteiger partial charge in [0, 0.05) is 48.9 Å². The van der Waals surface area contributed by atoms with E-state index in [1.54, 1.807) is 0 Å². The number of hydrogen-bond donors (Lipinski definition) is 1. The Bertz CT molecular complexity index is 1600. The van der Waals surface area contributed by atoms with Crippen molar-refractivity contribution in [2.24, 2.45) is 0 Å². The van der Waals surface area contributed by atoms with Gasteiger partial charge in [0.05, 0.1) is 18.8 Å². The van der Waals surface area contributed by atoms with Crippen molar-refractivity contribution in [3.63, 3.8) is 0 Å². The minimum atomic E-state index is -1.02. The summed E-state index contributed by atoms with van der Waals surface area (Å²) in [7, 11) is 2.10. The van der Waals surface area contributed by atoms with E-state index in [-0.39, 0.29) is 19.7 Å². The largest absolute Gasteiger partial charge is 0.462 e. The SMILES string of the molecule is [C-]#[N+]C[C@H]1CN(c2nc(OC[C@@H]3CCCN3C)nc3c2CCN(c2cccc4cccc(CO)c24)C3)CCN1C(=O)C(=C)F. The van der Waals surface area contributed by atoms with Crippen LogP contribution in [0, 0.1) is 6.57 Å². The standard InChI is InChI=1S/C33H38FN7O3/c1-22(34)32(43)41-16-15-40(18-26(41)17-35-2)31-27-12-14-39(29-11-5-8-23-7-4-9-24(20-42)30(23)29)19-28(27)36-33(37-31)44-21-25-10-6-13-38(25)3/h4-5,7-9,11,25-26,42H,1,6,10,12-21H2,3H3/t25-,26-/m0/s1. The van der Waals surface area contributed by atoms with Gasteiger partial charge in [0.25, 0.3) is 5.91 Å². The first-order valence-corrected chi connectivity index (χ1v) is 15.2. The Morgan fingerprint density at radius 1 is 1.14 bits per heavy atom. The fourth-order valence-electron chi connectivity index (χ4n) is 6.81. The smallest absolute Gasteiger partial charge is 0.318 e. The van der Waals surface area contributed by atoms with E-state index in [1.807, 2.05) is 18.2 Å². The van der Waals surface area contributed by atoms with Gasteiger partial charge in [0.1, 0.15) is 18.5 Å². The van der Waals surface area contributed by atoms with Gasteiger partial charge in [-0.2, -0.15) is 9.97 Å². The predicted molar refractivity (Wildman–Crippen MR) is 167 cm³/mol. The van der Waals surface area contributed by atoms with Crippen LogP contribution in [0.4, 0.5) is 15.9 Å². The summed E-state index contributed by atoms with van der Waals surface area (Å²) < 4.78 is 20.1. The Labute approximate surface area is 257 Å². The summed E-state index contributed by atoms with van der Waals surface area (Å²) in [6.07, 6.45) is 2.87. The molecular weight excluding hydrogens is 561 g/mol. The average Bonchev–Trinajstić information content (AvgIpc) is 3.46. The Balaban J connectivity index is 1.34. The summed E-state index contributed by atoms with van der Waals surface area (Å²) in [5.41, 5.74) is 3.81. The van der Waals surface area contributed by atoms with Crippen molar-refractivity contribution in [1.82, 2.24) is 19.8 Å². The second-order valence-electron chi connectivity index (χ2n) is 11.8. The van der Waals surface area contributed by atoms with Crippen LogP contribution < -0.4 is 14.5 Å². The van der Waals surface area contributed by atoms with Crippen LogP contribution in [-0.4, -0.2) is 95.8 Å². The number of nitrogens with zero attached hydrogens (tertiary/aromatic N) is 7. The number of ether oxygens (including phenoxy) is 1. The van der Waals surface area contributed by atoms with Crippen LogP contribution in [0.1, 0.15) is 29.7 Å². The molecule has 2 saturated heterocycles. The summed E-state index contributed by atoms with van der Waals surface area (Å²) in [5, 5.41) is 12.2. The third-order valence-corrected chi connectivity index (χ3v) is 9.16. The zero-order valence-electron chi connectivity index (χ0n) is 25.1. The summed E-state index contributed by atoms with van der Waals surface area (Å²) >= 11 is 0. The molecule has 1 N–H and O–H groups in total. The molecule has 3 aromatic rings. The number of anilines is 2. The van der Waals surface area contributed by atoms with E-state index < -0.39 is 17.8 Å². The second kappa shape index (κ2) is 12.8. The number of halogens is 1. The number of fused-ring (bicyclic) bond motifs is 2. The first-order valence-electron chi connectivity index (χ1n) is 15.2. The second-order valence-corrected chi connectivity index (χ2v) is 11.8. The van der Waals surface area contributed by atoms with Crippen molar-refractivity contribution in [1.29, 1.82) is 0 Å². The van der Waals surface area contributed by atoms with Crippen molar-refractivity contribution >= 4 is 28.2 Å². The normalized spacial score (nSPS) is 20.5. The highest BCUT2D eigenvalue weighted by Gasteiger charge is 2.36. The molecule has 0 spiro atoms. The summed E-state index contributed by atoms with van der Waals surface area (Å²) in [4.78, 5) is 34.0. The molecule has 0 bridgehead atoms. The van der Waals surface area contributed by atoms with Crippen LogP contribution >= 0.6 is 0 Å². The van der Waals surface area contributed by atoms with E-state index in [0.717, 1.165) is 65.0 Å². The maximum absolute atomic E-state index is 13.8. The number of likely N-dealkylation sites (N-methyl/N-ethyl adjacent to an activating group) is 1. The fourth-order valence-corrected chi connectivity index (χ4v) is 6.81. The van der Waals surface area contributed by atoms with Crippen LogP contribution in [0.2, 0.25) is 0 Å². The number of aliphatic hydroxyl groups is 1. The van der Waals surface area contributed by atoms with Crippen LogP contribution in [0.25, 0.3) is 15.6 Å². The van der Waals surface area contributed by atoms with Gasteiger partial charge in [-0.25, -0.2) is 11.0 Å². The number of carbonyl (C=O) groups is 1. The van der Waals surface area contributed by atoms with Crippen molar-refractivity contribution in [2.45, 2.75) is 44.5 Å². The lowest BCUT2D eigenvalue weighted by atomic mass is 9.99. The van der Waals surface area contributed by atoms with E-state index in [4.69, 9.17) is 21.3 Å². The lowest BCUT2D eigenvalue weighted by Gasteiger charge is -2.41. The van der Waals surface area contributed by atoms with Gasteiger partial charge in [-0.1, -0.05) is 36.9 Å². The van der Waals surface area contributed by atoms with E-state index in [2.05, 4.69) is 51.4 Å². The Kier molecular flexibility index (Phi) is 8.64. The zero-order chi connectivity index (χ0) is 30.8. The molecule has 2 fully saturated rings. The van der Waals surface area contributed by atoms with Crippen molar-refractivity contribution in [3.05, 3.63) is 77.0 Å². The van der Waals surface area contributed by atoms with Crippen molar-refractivity contribution in [3.8, 4) is 6.01 Å². The van der Waals surface area contributed by atoms with Crippen LogP contribution in [0.5, 0.6) is 6.01 Å². The minimum absolute atomic E-state index is 0.0469. The van der Waals surface area contributed by atoms with Gasteiger partial charge in [-0.05, 0) is 49.9 Å². The quantitative estimate of drug-likeness (QED) is 0.311. The molecule has 4 heterocycles. The van der Waals surface area contributed by atoms with Crippen molar-refractivity contribution < 1.29 is 19.0 Å². The highest BCUT2D eigenvalue weighted by atomic mass is 19.1. The number of aliphatic hydroxyl groups excluding tert-OH is 1. The zero-order valence-corrected chi connectivity index (χ0v) is 25.1. The van der Waals surface area contributed by atoms with Crippen LogP contribution in [0.15, 0.2) is 48.8 Å². The number of aromatic nitrogens is 2. The number of piperazine rings is 1. The number of rotatable bonds is 8. The molecule has 3 aliphatic rings. The first-order chi connectivity index (χ1) is 21.4. The van der Waals surface area contributed by atoms with Gasteiger partial charge < -0.3 is 34.3 Å². The van der Waals surface area contributed by atoms with Gasteiger partial charge in [0.2, 0.25) is 6.54 Å². The minimum Gasteiger partial charge on any atom is -0.462 e. The van der Waals surface area contributed by atoms with Crippen molar-refractivity contribution in [2.75, 3.05) is 62.7 Å². The Hall–Kier alpha value is -4.27. The number of hydrogen-bond acceptors (Lipinski definition) is 8. The highest BCUT2D eigenvalue weighted by molar-refractivity contribution is 5.97. The molecule has 0 saturated carbocycles. The average molecular weight is 600 g/mol. The van der Waals surface area contributed by atoms with E-state index in [0.29, 0.717) is 44.7 Å². The molecule has 6 rings (SSSR count). The lowest BCUT2D eigenvalue weighted by molar-refractivity contribution is -0.131. The van der Waals surface area contributed by atoms with Gasteiger partial charge in [-0.15, -0.1) is 0 Å². The first kappa shape index (κ1) is 29.8. The van der Waals surface area contributed by atoms with Gasteiger partial charge in [0.15, 0.2) is 5.83 Å². The number of benzene rings is 2. The molecule has 44 heavy (non-hydrogen) atoms. The topological polar surface area (TPSA) is 89.6 Å². The van der Waals surface area contributed by atoms with Gasteiger partial charge in [-0.3, -0.25) is 4.79 Å². The molecule has 2 atom stereocenters. The highest BCUT2D eigenvalue weighted by Crippen LogP contribution is 2.36. The monoisotopic (exact) mass is 599 g/mol. The Morgan fingerprint density at radius 3 is 2.68 bits per heavy atom. The van der Waals surface area contributed by atoms with Gasteiger partial charge >= 0.3 is 6.01 Å². The van der Waals surface area contributed by atoms with E-state index >= 15 is 0 Å². The summed E-state index contributed by atoms with van der Waals surface area (Å²) in [6, 6.07) is 12.3. The molecule has 10 nitrogen and oxygen atoms in total. The molecule has 2 aromatic carbocycles. The number of amides is 1. The predicted octanol–water partition coefficient (Wildman–Crippen LogP) is 3.58. The van der Waals surface area contributed by atoms with E-state index in [1.165, 1.54) is 4.90 Å². The molecular formula is C33H38FN7O3. The molecule has 3 aliphatic heterocycles. The molecule has 1 amide bonds. The fraction of sp³-hybridized carbons (Fsp3) is 0.455.